The molecule has 2 rings (SSSR count). The summed E-state index contributed by atoms with van der Waals surface area (Å²) in [6.07, 6.45) is 10.7. The van der Waals surface area contributed by atoms with Crippen molar-refractivity contribution in [1.29, 1.82) is 0 Å². The summed E-state index contributed by atoms with van der Waals surface area (Å²) in [7, 11) is 0. The summed E-state index contributed by atoms with van der Waals surface area (Å²) in [5.74, 6) is 0.812. The van der Waals surface area contributed by atoms with Crippen LogP contribution in [0, 0.1) is 11.3 Å². The molecule has 15 heavy (non-hydrogen) atoms. The fraction of sp³-hybridized carbons (Fsp3) is 0.857. The van der Waals surface area contributed by atoms with Crippen LogP contribution in [0.5, 0.6) is 0 Å². The monoisotopic (exact) mass is 208 g/mol. The van der Waals surface area contributed by atoms with Gasteiger partial charge in [0.2, 0.25) is 0 Å². The van der Waals surface area contributed by atoms with Crippen molar-refractivity contribution in [1.82, 2.24) is 0 Å². The van der Waals surface area contributed by atoms with Crippen molar-refractivity contribution in [2.24, 2.45) is 11.3 Å². The predicted molar refractivity (Wildman–Crippen MR) is 63.9 cm³/mol. The second-order valence-electron chi connectivity index (χ2n) is 6.36. The highest BCUT2D eigenvalue weighted by Gasteiger charge is 2.43. The zero-order valence-corrected chi connectivity index (χ0v) is 10.4. The second-order valence-corrected chi connectivity index (χ2v) is 6.36. The Morgan fingerprint density at radius 2 is 2.00 bits per heavy atom. The van der Waals surface area contributed by atoms with E-state index in [0.29, 0.717) is 5.41 Å². The first kappa shape index (κ1) is 11.2. The molecule has 0 N–H and O–H groups in total. The van der Waals surface area contributed by atoms with Crippen molar-refractivity contribution >= 4 is 0 Å². The summed E-state index contributed by atoms with van der Waals surface area (Å²) in [6.45, 7) is 7.99. The second kappa shape index (κ2) is 3.93. The van der Waals surface area contributed by atoms with Crippen LogP contribution in [-0.2, 0) is 4.74 Å². The van der Waals surface area contributed by atoms with Crippen molar-refractivity contribution in [3.05, 3.63) is 12.2 Å². The van der Waals surface area contributed by atoms with Crippen molar-refractivity contribution in [2.75, 3.05) is 6.61 Å². The van der Waals surface area contributed by atoms with Crippen LogP contribution < -0.4 is 0 Å². The summed E-state index contributed by atoms with van der Waals surface area (Å²) < 4.78 is 6.15. The molecule has 0 amide bonds. The first-order valence-electron chi connectivity index (χ1n) is 6.30. The standard InChI is InChI=1S/C14H24O/c1-12-9-13(2,3)11-14(10-12)7-5-4-6-8-15-14/h4,6,12H,5,7-11H2,1-3H3. The Hall–Kier alpha value is -0.300. The lowest BCUT2D eigenvalue weighted by atomic mass is 9.64. The minimum absolute atomic E-state index is 0.185. The molecule has 2 atom stereocenters. The molecule has 1 fully saturated rings. The molecule has 1 aliphatic carbocycles. The maximum Gasteiger partial charge on any atom is 0.0697 e. The largest absolute Gasteiger partial charge is 0.371 e. The van der Waals surface area contributed by atoms with Gasteiger partial charge in [0.15, 0.2) is 0 Å². The van der Waals surface area contributed by atoms with Crippen molar-refractivity contribution in [3.8, 4) is 0 Å². The molecule has 86 valence electrons. The van der Waals surface area contributed by atoms with Gasteiger partial charge in [-0.05, 0) is 43.4 Å². The molecule has 0 bridgehead atoms. The third-order valence-electron chi connectivity index (χ3n) is 3.84. The summed E-state index contributed by atoms with van der Waals surface area (Å²) in [5.41, 5.74) is 0.646. The number of allylic oxidation sites excluding steroid dienone is 1. The number of rotatable bonds is 0. The fourth-order valence-corrected chi connectivity index (χ4v) is 3.80. The Labute approximate surface area is 93.9 Å². The molecule has 1 saturated carbocycles. The smallest absolute Gasteiger partial charge is 0.0697 e. The van der Waals surface area contributed by atoms with Gasteiger partial charge < -0.3 is 4.74 Å². The van der Waals surface area contributed by atoms with Crippen LogP contribution in [0.2, 0.25) is 0 Å². The molecule has 0 radical (unpaired) electrons. The van der Waals surface area contributed by atoms with E-state index >= 15 is 0 Å². The highest BCUT2D eigenvalue weighted by Crippen LogP contribution is 2.48. The van der Waals surface area contributed by atoms with Gasteiger partial charge in [-0.1, -0.05) is 32.9 Å². The Bertz CT molecular complexity index is 242. The average Bonchev–Trinajstić information content (AvgIpc) is 2.26. The lowest BCUT2D eigenvalue weighted by molar-refractivity contribution is -0.104. The average molecular weight is 208 g/mol. The summed E-state index contributed by atoms with van der Waals surface area (Å²) in [6, 6.07) is 0. The maximum atomic E-state index is 6.15. The Morgan fingerprint density at radius 3 is 2.73 bits per heavy atom. The molecular formula is C14H24O. The van der Waals surface area contributed by atoms with E-state index in [1.54, 1.807) is 0 Å². The summed E-state index contributed by atoms with van der Waals surface area (Å²) in [5, 5.41) is 0. The van der Waals surface area contributed by atoms with Crippen LogP contribution in [0.3, 0.4) is 0 Å². The number of hydrogen-bond donors (Lipinski definition) is 0. The highest BCUT2D eigenvalue weighted by atomic mass is 16.5. The van der Waals surface area contributed by atoms with E-state index in [0.717, 1.165) is 12.5 Å². The van der Waals surface area contributed by atoms with E-state index in [2.05, 4.69) is 32.9 Å². The van der Waals surface area contributed by atoms with E-state index in [9.17, 15) is 0 Å². The van der Waals surface area contributed by atoms with Gasteiger partial charge in [-0.15, -0.1) is 0 Å². The first-order valence-corrected chi connectivity index (χ1v) is 6.30. The minimum atomic E-state index is 0.185. The van der Waals surface area contributed by atoms with Crippen LogP contribution in [0.1, 0.15) is 52.9 Å². The molecule has 1 nitrogen and oxygen atoms in total. The van der Waals surface area contributed by atoms with Crippen molar-refractivity contribution in [2.45, 2.75) is 58.5 Å². The van der Waals surface area contributed by atoms with Gasteiger partial charge in [-0.25, -0.2) is 0 Å². The van der Waals surface area contributed by atoms with Gasteiger partial charge >= 0.3 is 0 Å². The number of hydrogen-bond acceptors (Lipinski definition) is 1. The zero-order chi connectivity index (χ0) is 10.9. The van der Waals surface area contributed by atoms with E-state index in [-0.39, 0.29) is 5.60 Å². The van der Waals surface area contributed by atoms with E-state index in [1.807, 2.05) is 0 Å². The van der Waals surface area contributed by atoms with Crippen LogP contribution in [0.15, 0.2) is 12.2 Å². The van der Waals surface area contributed by atoms with Crippen LogP contribution in [0.25, 0.3) is 0 Å². The SMILES string of the molecule is CC1CC(C)(C)CC2(CCC=CCO2)C1. The van der Waals surface area contributed by atoms with Gasteiger partial charge in [0.05, 0.1) is 12.2 Å². The predicted octanol–water partition coefficient (Wildman–Crippen LogP) is 3.94. The Kier molecular flexibility index (Phi) is 2.94. The third kappa shape index (κ3) is 2.63. The molecule has 1 heteroatoms. The Morgan fingerprint density at radius 1 is 1.20 bits per heavy atom. The zero-order valence-electron chi connectivity index (χ0n) is 10.4. The van der Waals surface area contributed by atoms with Gasteiger partial charge in [-0.2, -0.15) is 0 Å². The normalized spacial score (nSPS) is 40.3. The lowest BCUT2D eigenvalue weighted by Crippen LogP contribution is -2.44. The van der Waals surface area contributed by atoms with Gasteiger partial charge in [0.25, 0.3) is 0 Å². The quantitative estimate of drug-likeness (QED) is 0.548. The molecule has 0 saturated heterocycles. The van der Waals surface area contributed by atoms with E-state index < -0.39 is 0 Å². The molecule has 0 aromatic heterocycles. The van der Waals surface area contributed by atoms with Crippen molar-refractivity contribution < 1.29 is 4.74 Å². The molecular weight excluding hydrogens is 184 g/mol. The fourth-order valence-electron chi connectivity index (χ4n) is 3.80. The summed E-state index contributed by atoms with van der Waals surface area (Å²) in [4.78, 5) is 0. The molecule has 1 aliphatic heterocycles. The van der Waals surface area contributed by atoms with E-state index in [1.165, 1.54) is 32.1 Å². The molecule has 1 heterocycles. The van der Waals surface area contributed by atoms with Crippen LogP contribution >= 0.6 is 0 Å². The van der Waals surface area contributed by atoms with Crippen LogP contribution in [-0.4, -0.2) is 12.2 Å². The first-order chi connectivity index (χ1) is 7.02. The van der Waals surface area contributed by atoms with Gasteiger partial charge in [0, 0.05) is 0 Å². The topological polar surface area (TPSA) is 9.23 Å². The van der Waals surface area contributed by atoms with E-state index in [4.69, 9.17) is 4.74 Å². The molecule has 0 aromatic rings. The van der Waals surface area contributed by atoms with Gasteiger partial charge in [0.1, 0.15) is 0 Å². The van der Waals surface area contributed by atoms with Gasteiger partial charge in [-0.3, -0.25) is 0 Å². The molecule has 0 aromatic carbocycles. The molecule has 2 aliphatic rings. The third-order valence-corrected chi connectivity index (χ3v) is 3.84. The van der Waals surface area contributed by atoms with Crippen molar-refractivity contribution in [3.63, 3.8) is 0 Å². The summed E-state index contributed by atoms with van der Waals surface area (Å²) >= 11 is 0. The minimum Gasteiger partial charge on any atom is -0.371 e. The Balaban J connectivity index is 2.12. The molecule has 1 spiro atoms. The van der Waals surface area contributed by atoms with Crippen LogP contribution in [0.4, 0.5) is 0 Å². The lowest BCUT2D eigenvalue weighted by Gasteiger charge is -2.47. The highest BCUT2D eigenvalue weighted by molar-refractivity contribution is 4.99. The maximum absolute atomic E-state index is 6.15. The molecule has 2 unspecified atom stereocenters. The number of ether oxygens (including phenoxy) is 1.